The van der Waals surface area contributed by atoms with Crippen LogP contribution in [0.5, 0.6) is 0 Å². The van der Waals surface area contributed by atoms with Crippen LogP contribution >= 0.6 is 0 Å². The highest BCUT2D eigenvalue weighted by molar-refractivity contribution is 5.46. The fourth-order valence-electron chi connectivity index (χ4n) is 3.51. The average molecular weight is 535 g/mol. The summed E-state index contributed by atoms with van der Waals surface area (Å²) >= 11 is 0. The van der Waals surface area contributed by atoms with Gasteiger partial charge in [0.15, 0.2) is 0 Å². The molecule has 3 aromatic rings. The minimum absolute atomic E-state index is 0.105. The van der Waals surface area contributed by atoms with E-state index in [2.05, 4.69) is 138 Å². The van der Waals surface area contributed by atoms with Crippen molar-refractivity contribution < 1.29 is 0 Å². The average Bonchev–Trinajstić information content (AvgIpc) is 2.82. The number of aryl methyl sites for hydroxylation is 3. The Bertz CT molecular complexity index is 1030. The molecule has 0 aliphatic heterocycles. The summed E-state index contributed by atoms with van der Waals surface area (Å²) in [5.41, 5.74) is 7.22. The van der Waals surface area contributed by atoms with Crippen LogP contribution in [0.3, 0.4) is 0 Å². The van der Waals surface area contributed by atoms with Gasteiger partial charge in [0.2, 0.25) is 0 Å². The van der Waals surface area contributed by atoms with Crippen molar-refractivity contribution in [3.05, 3.63) is 72.1 Å². The van der Waals surface area contributed by atoms with Crippen molar-refractivity contribution in [1.82, 2.24) is 15.0 Å². The first kappa shape index (κ1) is 33.9. The van der Waals surface area contributed by atoms with Gasteiger partial charge in [-0.15, -0.1) is 0 Å². The van der Waals surface area contributed by atoms with Crippen molar-refractivity contribution in [2.45, 2.75) is 119 Å². The lowest BCUT2D eigenvalue weighted by Crippen LogP contribution is -2.26. The predicted molar refractivity (Wildman–Crippen MR) is 171 cm³/mol. The molecule has 0 radical (unpaired) electrons. The van der Waals surface area contributed by atoms with Crippen molar-refractivity contribution in [2.75, 3.05) is 16.0 Å². The fourth-order valence-corrected chi connectivity index (χ4v) is 3.51. The van der Waals surface area contributed by atoms with Crippen LogP contribution in [0.2, 0.25) is 0 Å². The summed E-state index contributed by atoms with van der Waals surface area (Å²) in [6, 6.07) is 10.4. The minimum atomic E-state index is 0.105. The molecule has 6 heteroatoms. The first-order valence-electron chi connectivity index (χ1n) is 14.2. The zero-order valence-corrected chi connectivity index (χ0v) is 26.7. The van der Waals surface area contributed by atoms with E-state index in [0.717, 1.165) is 47.7 Å². The third-order valence-corrected chi connectivity index (χ3v) is 5.13. The third-order valence-electron chi connectivity index (χ3n) is 5.13. The Labute approximate surface area is 238 Å². The highest BCUT2D eigenvalue weighted by atomic mass is 15.0. The van der Waals surface area contributed by atoms with Crippen LogP contribution in [0, 0.1) is 0 Å². The van der Waals surface area contributed by atoms with Gasteiger partial charge in [-0.3, -0.25) is 15.0 Å². The van der Waals surface area contributed by atoms with Crippen LogP contribution in [0.4, 0.5) is 17.1 Å². The van der Waals surface area contributed by atoms with Crippen LogP contribution in [0.15, 0.2) is 55.1 Å². The van der Waals surface area contributed by atoms with Gasteiger partial charge < -0.3 is 16.0 Å². The van der Waals surface area contributed by atoms with Crippen LogP contribution in [0.1, 0.15) is 100 Å². The monoisotopic (exact) mass is 534 g/mol. The number of aromatic nitrogens is 3. The molecule has 0 fully saturated rings. The lowest BCUT2D eigenvalue weighted by Gasteiger charge is -2.22. The Morgan fingerprint density at radius 2 is 1.10 bits per heavy atom. The quantitative estimate of drug-likeness (QED) is 0.294. The summed E-state index contributed by atoms with van der Waals surface area (Å²) in [6.45, 7) is 25.7. The first-order valence-corrected chi connectivity index (χ1v) is 14.2. The molecule has 0 aromatic carbocycles. The second kappa shape index (κ2) is 15.4. The number of pyridine rings is 3. The Balaban J connectivity index is 0.000000292. The Kier molecular flexibility index (Phi) is 13.4. The fraction of sp³-hybridized carbons (Fsp3) is 0.545. The Morgan fingerprint density at radius 1 is 0.538 bits per heavy atom. The van der Waals surface area contributed by atoms with Gasteiger partial charge in [-0.25, -0.2) is 0 Å². The molecule has 0 bridgehead atoms. The molecule has 3 N–H and O–H groups in total. The standard InChI is InChI=1S/3C11H18N2/c1-5-9-6-10(8-12-7-9)13-11(2,3)4;1-5-9-8-10(6-7-12-9)13-11(2,3)4;1-5-9-6-7-10(8-12-9)13-11(2,3)4/h6-8,13H,5H2,1-4H3;6-8H,5H2,1-4H3,(H,12,13);6-8,13H,5H2,1-4H3. The van der Waals surface area contributed by atoms with Crippen LogP contribution in [0.25, 0.3) is 0 Å². The summed E-state index contributed by atoms with van der Waals surface area (Å²) in [7, 11) is 0. The molecule has 0 aliphatic carbocycles. The van der Waals surface area contributed by atoms with E-state index >= 15 is 0 Å². The molecule has 3 heterocycles. The summed E-state index contributed by atoms with van der Waals surface area (Å²) in [5.74, 6) is 0. The zero-order chi connectivity index (χ0) is 29.7. The number of hydrogen-bond acceptors (Lipinski definition) is 6. The summed E-state index contributed by atoms with van der Waals surface area (Å²) in [4.78, 5) is 12.7. The van der Waals surface area contributed by atoms with Gasteiger partial charge in [-0.1, -0.05) is 20.8 Å². The zero-order valence-electron chi connectivity index (χ0n) is 26.7. The largest absolute Gasteiger partial charge is 0.380 e. The molecule has 0 aliphatic rings. The lowest BCUT2D eigenvalue weighted by molar-refractivity contribution is 0.633. The van der Waals surface area contributed by atoms with E-state index in [1.54, 1.807) is 0 Å². The molecule has 0 unspecified atom stereocenters. The molecule has 0 amide bonds. The number of hydrogen-bond donors (Lipinski definition) is 3. The van der Waals surface area contributed by atoms with E-state index in [1.807, 2.05) is 30.9 Å². The Morgan fingerprint density at radius 3 is 1.59 bits per heavy atom. The van der Waals surface area contributed by atoms with Gasteiger partial charge in [-0.05, 0) is 117 Å². The van der Waals surface area contributed by atoms with Crippen molar-refractivity contribution in [3.63, 3.8) is 0 Å². The van der Waals surface area contributed by atoms with Gasteiger partial charge in [-0.2, -0.15) is 0 Å². The molecule has 0 saturated heterocycles. The third kappa shape index (κ3) is 16.4. The first-order chi connectivity index (χ1) is 18.0. The van der Waals surface area contributed by atoms with Crippen LogP contribution in [-0.2, 0) is 19.3 Å². The van der Waals surface area contributed by atoms with Crippen molar-refractivity contribution in [2.24, 2.45) is 0 Å². The summed E-state index contributed by atoms with van der Waals surface area (Å²) in [5, 5.41) is 10.2. The SMILES string of the molecule is CCc1cc(NC(C)(C)C)ccn1.CCc1ccc(NC(C)(C)C)cn1.CCc1cncc(NC(C)(C)C)c1. The summed E-state index contributed by atoms with van der Waals surface area (Å²) < 4.78 is 0. The van der Waals surface area contributed by atoms with Crippen LogP contribution < -0.4 is 16.0 Å². The van der Waals surface area contributed by atoms with E-state index in [1.165, 1.54) is 5.56 Å². The molecule has 0 atom stereocenters. The molecule has 39 heavy (non-hydrogen) atoms. The van der Waals surface area contributed by atoms with Crippen molar-refractivity contribution >= 4 is 17.1 Å². The number of nitrogens with one attached hydrogen (secondary N) is 3. The van der Waals surface area contributed by atoms with Crippen LogP contribution in [-0.4, -0.2) is 31.6 Å². The molecule has 0 spiro atoms. The molecule has 216 valence electrons. The second-order valence-corrected chi connectivity index (χ2v) is 12.8. The lowest BCUT2D eigenvalue weighted by atomic mass is 10.1. The smallest absolute Gasteiger partial charge is 0.0533 e. The molecule has 6 nitrogen and oxygen atoms in total. The van der Waals surface area contributed by atoms with Gasteiger partial charge >= 0.3 is 0 Å². The molecule has 3 rings (SSSR count). The van der Waals surface area contributed by atoms with E-state index in [9.17, 15) is 0 Å². The van der Waals surface area contributed by atoms with Gasteiger partial charge in [0.05, 0.1) is 17.6 Å². The topological polar surface area (TPSA) is 74.8 Å². The van der Waals surface area contributed by atoms with Crippen molar-refractivity contribution in [3.8, 4) is 0 Å². The van der Waals surface area contributed by atoms with E-state index in [0.29, 0.717) is 0 Å². The molecule has 3 aromatic heterocycles. The van der Waals surface area contributed by atoms with E-state index < -0.39 is 0 Å². The highest BCUT2D eigenvalue weighted by Crippen LogP contribution is 2.16. The molecular formula is C33H54N6. The number of anilines is 3. The van der Waals surface area contributed by atoms with E-state index in [4.69, 9.17) is 0 Å². The minimum Gasteiger partial charge on any atom is -0.380 e. The van der Waals surface area contributed by atoms with Gasteiger partial charge in [0.25, 0.3) is 0 Å². The van der Waals surface area contributed by atoms with Gasteiger partial charge in [0, 0.05) is 52.3 Å². The maximum Gasteiger partial charge on any atom is 0.0533 e. The number of rotatable bonds is 6. The number of nitrogens with zero attached hydrogens (tertiary/aromatic N) is 3. The molecule has 0 saturated carbocycles. The molecular weight excluding hydrogens is 480 g/mol. The Hall–Kier alpha value is -3.15. The van der Waals surface area contributed by atoms with Gasteiger partial charge in [0.1, 0.15) is 0 Å². The highest BCUT2D eigenvalue weighted by Gasteiger charge is 2.10. The maximum atomic E-state index is 4.32. The van der Waals surface area contributed by atoms with Crippen molar-refractivity contribution in [1.29, 1.82) is 0 Å². The van der Waals surface area contributed by atoms with E-state index in [-0.39, 0.29) is 16.6 Å². The normalized spacial score (nSPS) is 11.4. The maximum absolute atomic E-state index is 4.32. The summed E-state index contributed by atoms with van der Waals surface area (Å²) in [6.07, 6.45) is 10.5. The second-order valence-electron chi connectivity index (χ2n) is 12.8. The predicted octanol–water partition coefficient (Wildman–Crippen LogP) is 8.56.